The summed E-state index contributed by atoms with van der Waals surface area (Å²) in [6.07, 6.45) is 0. The number of nitrogens with zero attached hydrogens (tertiary/aromatic N) is 1. The molecule has 0 N–H and O–H groups in total. The van der Waals surface area contributed by atoms with Crippen molar-refractivity contribution < 1.29 is 4.79 Å². The van der Waals surface area contributed by atoms with Gasteiger partial charge in [0, 0.05) is 5.56 Å². The zero-order valence-electron chi connectivity index (χ0n) is 16.0. The van der Waals surface area contributed by atoms with Gasteiger partial charge in [0.25, 0.3) is 0 Å². The molecule has 2 nitrogen and oxygen atoms in total. The topological polar surface area (TPSA) is 29.4 Å². The predicted octanol–water partition coefficient (Wildman–Crippen LogP) is 5.03. The summed E-state index contributed by atoms with van der Waals surface area (Å²) in [7, 11) is 0. The van der Waals surface area contributed by atoms with E-state index >= 15 is 0 Å². The summed E-state index contributed by atoms with van der Waals surface area (Å²) in [5.74, 6) is 6.44. The summed E-state index contributed by atoms with van der Waals surface area (Å²) in [6.45, 7) is 3.88. The molecule has 1 aliphatic rings. The fraction of sp³-hybridized carbons (Fsp3) is 0.154. The third kappa shape index (κ3) is 2.96. The van der Waals surface area contributed by atoms with Gasteiger partial charge in [-0.05, 0) is 37.1 Å². The number of hydrogen-bond acceptors (Lipinski definition) is 2. The highest BCUT2D eigenvalue weighted by Crippen LogP contribution is 2.43. The molecule has 1 unspecified atom stereocenters. The Bertz CT molecular complexity index is 1090. The van der Waals surface area contributed by atoms with Gasteiger partial charge in [-0.1, -0.05) is 90.7 Å². The molecule has 0 saturated carbocycles. The first-order chi connectivity index (χ1) is 13.5. The van der Waals surface area contributed by atoms with Crippen LogP contribution in [0.5, 0.6) is 0 Å². The molecular weight excluding hydrogens is 342 g/mol. The van der Waals surface area contributed by atoms with Crippen LogP contribution in [0.15, 0.2) is 96.0 Å². The van der Waals surface area contributed by atoms with Gasteiger partial charge in [0.1, 0.15) is 0 Å². The molecule has 0 spiro atoms. The van der Waals surface area contributed by atoms with E-state index in [0.717, 1.165) is 22.4 Å². The maximum atomic E-state index is 13.7. The van der Waals surface area contributed by atoms with Gasteiger partial charge in [-0.25, -0.2) is 0 Å². The molecule has 0 aromatic heterocycles. The Labute approximate surface area is 166 Å². The van der Waals surface area contributed by atoms with Crippen LogP contribution in [0.4, 0.5) is 0 Å². The molecule has 28 heavy (non-hydrogen) atoms. The normalized spacial score (nSPS) is 20.2. The van der Waals surface area contributed by atoms with E-state index in [2.05, 4.69) is 11.8 Å². The Morgan fingerprint density at radius 1 is 0.750 bits per heavy atom. The number of hydrogen-bond donors (Lipinski definition) is 0. The van der Waals surface area contributed by atoms with Crippen molar-refractivity contribution in [3.8, 4) is 11.8 Å². The zero-order chi connectivity index (χ0) is 19.6. The highest BCUT2D eigenvalue weighted by Gasteiger charge is 2.54. The second kappa shape index (κ2) is 6.94. The first-order valence-electron chi connectivity index (χ1n) is 9.38. The average Bonchev–Trinajstić information content (AvgIpc) is 2.96. The van der Waals surface area contributed by atoms with Crippen LogP contribution in [0, 0.1) is 17.3 Å². The summed E-state index contributed by atoms with van der Waals surface area (Å²) >= 11 is 0. The molecule has 0 bridgehead atoms. The number of aliphatic imine (C=N–C) groups is 1. The Morgan fingerprint density at radius 3 is 1.89 bits per heavy atom. The maximum absolute atomic E-state index is 13.7. The van der Waals surface area contributed by atoms with Gasteiger partial charge in [0.2, 0.25) is 5.54 Å². The molecule has 4 rings (SSSR count). The van der Waals surface area contributed by atoms with Crippen molar-refractivity contribution >= 4 is 11.5 Å². The highest BCUT2D eigenvalue weighted by atomic mass is 16.1. The lowest BCUT2D eigenvalue weighted by atomic mass is 9.74. The predicted molar refractivity (Wildman–Crippen MR) is 113 cm³/mol. The number of Topliss-reactive ketones (excluding diaryl/α,β-unsaturated/α-hetero) is 1. The van der Waals surface area contributed by atoms with Gasteiger partial charge in [-0.3, -0.25) is 9.79 Å². The van der Waals surface area contributed by atoms with E-state index in [1.165, 1.54) is 0 Å². The number of carbonyl (C=O) groups excluding carboxylic acids is 1. The Kier molecular flexibility index (Phi) is 4.45. The fourth-order valence-electron chi connectivity index (χ4n) is 3.66. The van der Waals surface area contributed by atoms with Crippen LogP contribution in [-0.2, 0) is 10.3 Å². The number of ketones is 1. The summed E-state index contributed by atoms with van der Waals surface area (Å²) in [4.78, 5) is 18.7. The molecule has 2 heteroatoms. The largest absolute Gasteiger partial charge is 0.294 e. The zero-order valence-corrected chi connectivity index (χ0v) is 16.0. The SMILES string of the molecule is CC1(C)C(=O)C(C#Cc2ccccc2)(c2ccccc2)N=C1c1ccccc1. The smallest absolute Gasteiger partial charge is 0.205 e. The number of rotatable bonds is 2. The van der Waals surface area contributed by atoms with E-state index in [0.29, 0.717) is 0 Å². The van der Waals surface area contributed by atoms with Gasteiger partial charge in [0.05, 0.1) is 11.1 Å². The third-order valence-corrected chi connectivity index (χ3v) is 5.17. The van der Waals surface area contributed by atoms with E-state index in [1.807, 2.05) is 105 Å². The standard InChI is InChI=1S/C26H21NO/c1-25(2)23(21-14-8-4-9-15-21)27-26(24(25)28,22-16-10-5-11-17-22)19-18-20-12-6-3-7-13-20/h3-17H,1-2H3. The third-order valence-electron chi connectivity index (χ3n) is 5.17. The van der Waals surface area contributed by atoms with Crippen molar-refractivity contribution in [1.29, 1.82) is 0 Å². The Hall–Kier alpha value is -3.44. The van der Waals surface area contributed by atoms with E-state index in [-0.39, 0.29) is 5.78 Å². The molecule has 0 amide bonds. The molecule has 1 aliphatic heterocycles. The van der Waals surface area contributed by atoms with Gasteiger partial charge < -0.3 is 0 Å². The van der Waals surface area contributed by atoms with Crippen LogP contribution in [0.2, 0.25) is 0 Å². The lowest BCUT2D eigenvalue weighted by Gasteiger charge is -2.24. The van der Waals surface area contributed by atoms with E-state index in [9.17, 15) is 4.79 Å². The molecule has 0 saturated heterocycles. The van der Waals surface area contributed by atoms with Crippen LogP contribution < -0.4 is 0 Å². The molecule has 3 aromatic rings. The van der Waals surface area contributed by atoms with Crippen molar-refractivity contribution in [2.75, 3.05) is 0 Å². The number of carbonyl (C=O) groups is 1. The van der Waals surface area contributed by atoms with Gasteiger partial charge in [-0.2, -0.15) is 0 Å². The molecule has 0 aliphatic carbocycles. The van der Waals surface area contributed by atoms with Crippen molar-refractivity contribution in [1.82, 2.24) is 0 Å². The van der Waals surface area contributed by atoms with Crippen molar-refractivity contribution in [2.45, 2.75) is 19.4 Å². The van der Waals surface area contributed by atoms with E-state index in [1.54, 1.807) is 0 Å². The van der Waals surface area contributed by atoms with Crippen LogP contribution in [0.25, 0.3) is 0 Å². The number of benzene rings is 3. The second-order valence-electron chi connectivity index (χ2n) is 7.47. The summed E-state index contributed by atoms with van der Waals surface area (Å²) in [5, 5.41) is 0. The van der Waals surface area contributed by atoms with Crippen molar-refractivity contribution in [2.24, 2.45) is 10.4 Å². The van der Waals surface area contributed by atoms with Crippen LogP contribution in [-0.4, -0.2) is 11.5 Å². The van der Waals surface area contributed by atoms with Gasteiger partial charge >= 0.3 is 0 Å². The molecular formula is C26H21NO. The fourth-order valence-corrected chi connectivity index (χ4v) is 3.66. The monoisotopic (exact) mass is 363 g/mol. The lowest BCUT2D eigenvalue weighted by Crippen LogP contribution is -2.38. The average molecular weight is 363 g/mol. The van der Waals surface area contributed by atoms with Crippen LogP contribution >= 0.6 is 0 Å². The minimum absolute atomic E-state index is 0.00786. The summed E-state index contributed by atoms with van der Waals surface area (Å²) in [5.41, 5.74) is 1.48. The Balaban J connectivity index is 1.95. The minimum atomic E-state index is -1.20. The van der Waals surface area contributed by atoms with Gasteiger partial charge in [-0.15, -0.1) is 0 Å². The molecule has 0 fully saturated rings. The molecule has 136 valence electrons. The van der Waals surface area contributed by atoms with Gasteiger partial charge in [0.15, 0.2) is 5.78 Å². The minimum Gasteiger partial charge on any atom is -0.294 e. The highest BCUT2D eigenvalue weighted by molar-refractivity contribution is 6.24. The maximum Gasteiger partial charge on any atom is 0.205 e. The van der Waals surface area contributed by atoms with Crippen LogP contribution in [0.1, 0.15) is 30.5 Å². The summed E-state index contributed by atoms with van der Waals surface area (Å²) in [6, 6.07) is 29.3. The molecule has 0 radical (unpaired) electrons. The van der Waals surface area contributed by atoms with Crippen molar-refractivity contribution in [3.63, 3.8) is 0 Å². The summed E-state index contributed by atoms with van der Waals surface area (Å²) < 4.78 is 0. The second-order valence-corrected chi connectivity index (χ2v) is 7.47. The molecule has 1 atom stereocenters. The van der Waals surface area contributed by atoms with Crippen molar-refractivity contribution in [3.05, 3.63) is 108 Å². The van der Waals surface area contributed by atoms with E-state index < -0.39 is 11.0 Å². The Morgan fingerprint density at radius 2 is 1.29 bits per heavy atom. The molecule has 1 heterocycles. The quantitative estimate of drug-likeness (QED) is 0.587. The first kappa shape index (κ1) is 17.9. The molecule has 3 aromatic carbocycles. The van der Waals surface area contributed by atoms with E-state index in [4.69, 9.17) is 4.99 Å². The van der Waals surface area contributed by atoms with Crippen LogP contribution in [0.3, 0.4) is 0 Å². The lowest BCUT2D eigenvalue weighted by molar-refractivity contribution is -0.126. The first-order valence-corrected chi connectivity index (χ1v) is 9.38.